The second-order valence-corrected chi connectivity index (χ2v) is 1.34. The van der Waals surface area contributed by atoms with E-state index in [0.717, 1.165) is 0 Å². The van der Waals surface area contributed by atoms with Crippen LogP contribution in [0.1, 0.15) is 0 Å². The van der Waals surface area contributed by atoms with E-state index in [1.54, 1.807) is 0 Å². The SMILES string of the molecule is O=S(=O)(O)O.[AlH3].[CsH]. The van der Waals surface area contributed by atoms with Crippen molar-refractivity contribution < 1.29 is 17.5 Å². The predicted octanol–water partition coefficient (Wildman–Crippen LogP) is -2.49. The summed E-state index contributed by atoms with van der Waals surface area (Å²) in [6.45, 7) is 0. The van der Waals surface area contributed by atoms with Crippen molar-refractivity contribution >= 4 is 96.7 Å². The molecule has 0 fully saturated rings. The van der Waals surface area contributed by atoms with Gasteiger partial charge in [0, 0.05) is 0 Å². The molecule has 2 N–H and O–H groups in total. The van der Waals surface area contributed by atoms with Gasteiger partial charge in [0.1, 0.15) is 0 Å². The van der Waals surface area contributed by atoms with Crippen molar-refractivity contribution in [2.75, 3.05) is 0 Å². The zero-order chi connectivity index (χ0) is 4.50. The van der Waals surface area contributed by atoms with Crippen LogP contribution in [0.15, 0.2) is 0 Å². The standard InChI is InChI=1S/Al.Cs.H2O4S.4H/c;;1-5(2,3)4;;;;/h;;(H2,1,2,3,4);;;;. The molecule has 7 heteroatoms. The summed E-state index contributed by atoms with van der Waals surface area (Å²) in [5.74, 6) is 0. The molecule has 0 aliphatic carbocycles. The molecule has 4 nitrogen and oxygen atoms in total. The third-order valence-corrected chi connectivity index (χ3v) is 0. The Bertz CT molecular complexity index is 94.9. The second-order valence-electron chi connectivity index (χ2n) is 0.448. The van der Waals surface area contributed by atoms with E-state index in [2.05, 4.69) is 0 Å². The van der Waals surface area contributed by atoms with Gasteiger partial charge < -0.3 is 0 Å². The average molecular weight is 262 g/mol. The van der Waals surface area contributed by atoms with E-state index in [1.165, 1.54) is 0 Å². The van der Waals surface area contributed by atoms with Crippen LogP contribution in [-0.2, 0) is 10.4 Å². The number of rotatable bonds is 0. The summed E-state index contributed by atoms with van der Waals surface area (Å²) >= 11 is 0. The zero-order valence-electron chi connectivity index (χ0n) is 2.12. The van der Waals surface area contributed by atoms with Crippen molar-refractivity contribution in [2.24, 2.45) is 0 Å². The Morgan fingerprint density at radius 2 is 1.14 bits per heavy atom. The molecule has 0 aromatic rings. The van der Waals surface area contributed by atoms with Gasteiger partial charge in [-0.2, -0.15) is 8.42 Å². The maximum absolute atomic E-state index is 8.74. The van der Waals surface area contributed by atoms with Crippen LogP contribution in [0.25, 0.3) is 0 Å². The summed E-state index contributed by atoms with van der Waals surface area (Å²) in [5.41, 5.74) is 0. The van der Waals surface area contributed by atoms with Crippen LogP contribution in [0, 0.1) is 0 Å². The maximum atomic E-state index is 8.74. The van der Waals surface area contributed by atoms with Gasteiger partial charge in [0.25, 0.3) is 0 Å². The fourth-order valence-electron chi connectivity index (χ4n) is 0. The molecule has 0 aromatic carbocycles. The molecule has 0 bridgehead atoms. The Kier molecular flexibility index (Phi) is 15.2. The van der Waals surface area contributed by atoms with Crippen LogP contribution in [0.4, 0.5) is 0 Å². The van der Waals surface area contributed by atoms with Crippen LogP contribution in [0.2, 0.25) is 0 Å². The topological polar surface area (TPSA) is 74.6 Å². The quantitative estimate of drug-likeness (QED) is 0.374. The van der Waals surface area contributed by atoms with Gasteiger partial charge in [-0.05, 0) is 0 Å². The summed E-state index contributed by atoms with van der Waals surface area (Å²) in [6.07, 6.45) is 0. The van der Waals surface area contributed by atoms with E-state index in [-0.39, 0.29) is 86.3 Å². The monoisotopic (exact) mass is 262 g/mol. The van der Waals surface area contributed by atoms with E-state index in [0.29, 0.717) is 0 Å². The van der Waals surface area contributed by atoms with E-state index >= 15 is 0 Å². The first-order chi connectivity index (χ1) is 2.00. The molecule has 0 amide bonds. The Morgan fingerprint density at radius 1 is 1.14 bits per heavy atom. The fourth-order valence-corrected chi connectivity index (χ4v) is 0. The van der Waals surface area contributed by atoms with Gasteiger partial charge in [-0.25, -0.2) is 0 Å². The van der Waals surface area contributed by atoms with Gasteiger partial charge in [-0.1, -0.05) is 0 Å². The first kappa shape index (κ1) is 16.2. The molecule has 0 radical (unpaired) electrons. The van der Waals surface area contributed by atoms with Gasteiger partial charge >= 0.3 is 79.3 Å². The molecule has 0 saturated heterocycles. The van der Waals surface area contributed by atoms with Crippen LogP contribution in [-0.4, -0.2) is 104 Å². The number of hydrogen-bond acceptors (Lipinski definition) is 2. The van der Waals surface area contributed by atoms with Crippen LogP contribution < -0.4 is 0 Å². The molecule has 0 atom stereocenters. The Hall–Kier alpha value is 2.45. The molecule has 0 heterocycles. The Balaban J connectivity index is -0.0000000800. The van der Waals surface area contributed by atoms with Crippen molar-refractivity contribution in [2.45, 2.75) is 0 Å². The molecule has 0 spiro atoms. The molecule has 0 rings (SSSR count). The van der Waals surface area contributed by atoms with Crippen molar-refractivity contribution in [3.05, 3.63) is 0 Å². The van der Waals surface area contributed by atoms with Gasteiger partial charge in [-0.3, -0.25) is 9.11 Å². The third kappa shape index (κ3) is 58.5. The van der Waals surface area contributed by atoms with E-state index < -0.39 is 10.4 Å². The van der Waals surface area contributed by atoms with Gasteiger partial charge in [0.15, 0.2) is 17.4 Å². The predicted molar refractivity (Wildman–Crippen MR) is 31.3 cm³/mol. The molecule has 0 aliphatic heterocycles. The molecule has 0 aromatic heterocycles. The molecule has 0 unspecified atom stereocenters. The van der Waals surface area contributed by atoms with Crippen molar-refractivity contribution in [1.82, 2.24) is 0 Å². The Labute approximate surface area is 111 Å². The molecular formula is H6AlCsO4S. The minimum absolute atomic E-state index is 0. The van der Waals surface area contributed by atoms with Crippen LogP contribution in [0.3, 0.4) is 0 Å². The van der Waals surface area contributed by atoms with E-state index in [4.69, 9.17) is 17.5 Å². The summed E-state index contributed by atoms with van der Waals surface area (Å²) in [5, 5.41) is 0. The van der Waals surface area contributed by atoms with Gasteiger partial charge in [0.05, 0.1) is 0 Å². The zero-order valence-corrected chi connectivity index (χ0v) is 2.94. The summed E-state index contributed by atoms with van der Waals surface area (Å²) in [7, 11) is -4.67. The second kappa shape index (κ2) is 6.57. The molecule has 0 aliphatic rings. The third-order valence-electron chi connectivity index (χ3n) is 0. The molecule has 0 saturated carbocycles. The average Bonchev–Trinajstić information content (AvgIpc) is 0.722. The fraction of sp³-hybridized carbons (Fsp3) is 0. The van der Waals surface area contributed by atoms with E-state index in [9.17, 15) is 0 Å². The minimum atomic E-state index is -4.67. The first-order valence-electron chi connectivity index (χ1n) is 0.698. The van der Waals surface area contributed by atoms with Gasteiger partial charge in [0.2, 0.25) is 0 Å². The summed E-state index contributed by atoms with van der Waals surface area (Å²) < 4.78 is 31.6. The molecule has 7 heavy (non-hydrogen) atoms. The molecular weight excluding hydrogens is 256 g/mol. The van der Waals surface area contributed by atoms with Crippen molar-refractivity contribution in [3.63, 3.8) is 0 Å². The van der Waals surface area contributed by atoms with Gasteiger partial charge in [-0.15, -0.1) is 0 Å². The molecule has 40 valence electrons. The van der Waals surface area contributed by atoms with E-state index in [1.807, 2.05) is 0 Å². The number of hydrogen-bond donors (Lipinski definition) is 2. The summed E-state index contributed by atoms with van der Waals surface area (Å²) in [6, 6.07) is 0. The summed E-state index contributed by atoms with van der Waals surface area (Å²) in [4.78, 5) is 0. The van der Waals surface area contributed by atoms with Crippen molar-refractivity contribution in [1.29, 1.82) is 0 Å². The normalized spacial score (nSPS) is 8.29. The van der Waals surface area contributed by atoms with Crippen molar-refractivity contribution in [3.8, 4) is 0 Å². The Morgan fingerprint density at radius 3 is 1.14 bits per heavy atom. The first-order valence-corrected chi connectivity index (χ1v) is 2.10. The van der Waals surface area contributed by atoms with Crippen LogP contribution in [0.5, 0.6) is 0 Å². The van der Waals surface area contributed by atoms with Crippen LogP contribution >= 0.6 is 0 Å².